The van der Waals surface area contributed by atoms with Crippen molar-refractivity contribution in [3.05, 3.63) is 70.7 Å². The van der Waals surface area contributed by atoms with E-state index in [-0.39, 0.29) is 17.9 Å². The Morgan fingerprint density at radius 2 is 1.50 bits per heavy atom. The van der Waals surface area contributed by atoms with Gasteiger partial charge in [0.2, 0.25) is 0 Å². The zero-order valence-electron chi connectivity index (χ0n) is 15.6. The Bertz CT molecular complexity index is 677. The van der Waals surface area contributed by atoms with Crippen LogP contribution in [0.1, 0.15) is 43.2 Å². The Morgan fingerprint density at radius 3 is 2.04 bits per heavy atom. The van der Waals surface area contributed by atoms with E-state index in [4.69, 9.17) is 11.6 Å². The highest BCUT2D eigenvalue weighted by atomic mass is 35.5. The molecule has 0 radical (unpaired) electrons. The lowest BCUT2D eigenvalue weighted by Gasteiger charge is -2.48. The van der Waals surface area contributed by atoms with Crippen molar-refractivity contribution >= 4 is 24.0 Å². The Hall–Kier alpha value is -1.06. The third-order valence-electron chi connectivity index (χ3n) is 5.97. The second-order valence-electron chi connectivity index (χ2n) is 7.64. The van der Waals surface area contributed by atoms with E-state index in [0.717, 1.165) is 43.5 Å². The summed E-state index contributed by atoms with van der Waals surface area (Å²) in [6, 6.07) is 18.7. The lowest BCUT2D eigenvalue weighted by atomic mass is 9.68. The third-order valence-corrected chi connectivity index (χ3v) is 6.22. The fourth-order valence-electron chi connectivity index (χ4n) is 4.15. The molecule has 26 heavy (non-hydrogen) atoms. The summed E-state index contributed by atoms with van der Waals surface area (Å²) in [6.45, 7) is 0. The van der Waals surface area contributed by atoms with Crippen molar-refractivity contribution in [3.63, 3.8) is 0 Å². The van der Waals surface area contributed by atoms with Gasteiger partial charge in [-0.25, -0.2) is 0 Å². The number of nitrogens with zero attached hydrogens (tertiary/aromatic N) is 1. The highest BCUT2D eigenvalue weighted by Crippen LogP contribution is 2.46. The van der Waals surface area contributed by atoms with Crippen LogP contribution in [0.2, 0.25) is 5.02 Å². The van der Waals surface area contributed by atoms with Gasteiger partial charge < -0.3 is 5.11 Å². The van der Waals surface area contributed by atoms with Crippen LogP contribution in [0.5, 0.6) is 0 Å². The van der Waals surface area contributed by atoms with Crippen LogP contribution in [-0.2, 0) is 12.0 Å². The van der Waals surface area contributed by atoms with Gasteiger partial charge in [-0.05, 0) is 75.9 Å². The minimum Gasteiger partial charge on any atom is -0.390 e. The molecule has 0 bridgehead atoms. The van der Waals surface area contributed by atoms with Crippen LogP contribution in [0.4, 0.5) is 0 Å². The fourth-order valence-corrected chi connectivity index (χ4v) is 4.28. The molecule has 1 aliphatic carbocycles. The summed E-state index contributed by atoms with van der Waals surface area (Å²) >= 11 is 6.07. The van der Waals surface area contributed by atoms with E-state index in [1.54, 1.807) is 0 Å². The Kier molecular flexibility index (Phi) is 7.15. The van der Waals surface area contributed by atoms with Gasteiger partial charge in [-0.3, -0.25) is 4.90 Å². The van der Waals surface area contributed by atoms with Gasteiger partial charge in [-0.1, -0.05) is 54.1 Å². The van der Waals surface area contributed by atoms with Crippen molar-refractivity contribution in [1.82, 2.24) is 4.90 Å². The van der Waals surface area contributed by atoms with E-state index in [1.165, 1.54) is 11.1 Å². The standard InChI is InChI=1S/C22H28ClNO.ClH/c1-24(2)22(19-8-10-20(23)11-9-19)16-14-21(25,15-17-22)13-12-18-6-4-3-5-7-18;/h3-11,25H,12-17H2,1-2H3;1H. The molecule has 0 amide bonds. The van der Waals surface area contributed by atoms with E-state index in [1.807, 2.05) is 18.2 Å². The van der Waals surface area contributed by atoms with Crippen LogP contribution in [-0.4, -0.2) is 29.7 Å². The van der Waals surface area contributed by atoms with Gasteiger partial charge in [0.15, 0.2) is 0 Å². The maximum Gasteiger partial charge on any atom is 0.0652 e. The lowest BCUT2D eigenvalue weighted by Crippen LogP contribution is -2.49. The van der Waals surface area contributed by atoms with Gasteiger partial charge >= 0.3 is 0 Å². The molecule has 142 valence electrons. The van der Waals surface area contributed by atoms with Crippen LogP contribution in [0.15, 0.2) is 54.6 Å². The Balaban J connectivity index is 0.00000243. The largest absolute Gasteiger partial charge is 0.390 e. The van der Waals surface area contributed by atoms with Crippen LogP contribution >= 0.6 is 24.0 Å². The predicted octanol–water partition coefficient (Wildman–Crippen LogP) is 5.46. The van der Waals surface area contributed by atoms with Crippen molar-refractivity contribution in [2.75, 3.05) is 14.1 Å². The molecule has 0 unspecified atom stereocenters. The summed E-state index contributed by atoms with van der Waals surface area (Å²) in [5, 5.41) is 11.9. The van der Waals surface area contributed by atoms with Gasteiger partial charge in [-0.15, -0.1) is 12.4 Å². The van der Waals surface area contributed by atoms with Crippen molar-refractivity contribution in [3.8, 4) is 0 Å². The number of halogens is 2. The topological polar surface area (TPSA) is 23.5 Å². The number of hydrogen-bond acceptors (Lipinski definition) is 2. The van der Waals surface area contributed by atoms with Gasteiger partial charge in [0, 0.05) is 10.6 Å². The fraction of sp³-hybridized carbons (Fsp3) is 0.455. The van der Waals surface area contributed by atoms with Gasteiger partial charge in [0.05, 0.1) is 5.60 Å². The second kappa shape index (κ2) is 8.75. The van der Waals surface area contributed by atoms with Crippen molar-refractivity contribution < 1.29 is 5.11 Å². The van der Waals surface area contributed by atoms with Gasteiger partial charge in [0.25, 0.3) is 0 Å². The molecule has 0 heterocycles. The molecule has 1 N–H and O–H groups in total. The summed E-state index contributed by atoms with van der Waals surface area (Å²) in [4.78, 5) is 2.31. The third kappa shape index (κ3) is 4.61. The number of hydrogen-bond donors (Lipinski definition) is 1. The molecule has 4 heteroatoms. The number of aryl methyl sites for hydroxylation is 1. The average molecular weight is 394 g/mol. The molecule has 0 aromatic heterocycles. The van der Waals surface area contributed by atoms with E-state index >= 15 is 0 Å². The SMILES string of the molecule is CN(C)C1(c2ccc(Cl)cc2)CCC(O)(CCc2ccccc2)CC1.Cl. The predicted molar refractivity (Wildman–Crippen MR) is 112 cm³/mol. The molecule has 3 rings (SSSR count). The number of rotatable bonds is 5. The summed E-state index contributed by atoms with van der Waals surface area (Å²) in [5.74, 6) is 0. The zero-order chi connectivity index (χ0) is 17.9. The number of benzene rings is 2. The summed E-state index contributed by atoms with van der Waals surface area (Å²) in [5.41, 5.74) is 2.04. The molecule has 0 atom stereocenters. The first-order valence-electron chi connectivity index (χ1n) is 9.13. The van der Waals surface area contributed by atoms with E-state index < -0.39 is 5.60 Å². The smallest absolute Gasteiger partial charge is 0.0652 e. The van der Waals surface area contributed by atoms with E-state index in [9.17, 15) is 5.11 Å². The average Bonchev–Trinajstić information content (AvgIpc) is 2.62. The molecule has 1 fully saturated rings. The van der Waals surface area contributed by atoms with E-state index in [2.05, 4.69) is 55.4 Å². The normalized spacial score (nSPS) is 25.7. The minimum atomic E-state index is -0.554. The van der Waals surface area contributed by atoms with Gasteiger partial charge in [0.1, 0.15) is 0 Å². The molecule has 1 saturated carbocycles. The van der Waals surface area contributed by atoms with E-state index in [0.29, 0.717) is 0 Å². The van der Waals surface area contributed by atoms with Crippen molar-refractivity contribution in [2.45, 2.75) is 49.7 Å². The summed E-state index contributed by atoms with van der Waals surface area (Å²) < 4.78 is 0. The molecule has 0 aliphatic heterocycles. The quantitative estimate of drug-likeness (QED) is 0.728. The molecular weight excluding hydrogens is 365 g/mol. The molecular formula is C22H29Cl2NO. The Labute approximate surface area is 168 Å². The van der Waals surface area contributed by atoms with Crippen LogP contribution in [0.3, 0.4) is 0 Å². The molecule has 2 aromatic carbocycles. The summed E-state index contributed by atoms with van der Waals surface area (Å²) in [6.07, 6.45) is 5.37. The molecule has 1 aliphatic rings. The molecule has 2 aromatic rings. The minimum absolute atomic E-state index is 0. The Morgan fingerprint density at radius 1 is 0.923 bits per heavy atom. The highest BCUT2D eigenvalue weighted by molar-refractivity contribution is 6.30. The van der Waals surface area contributed by atoms with Crippen LogP contribution in [0.25, 0.3) is 0 Å². The molecule has 2 nitrogen and oxygen atoms in total. The first-order valence-corrected chi connectivity index (χ1v) is 9.51. The van der Waals surface area contributed by atoms with Crippen molar-refractivity contribution in [1.29, 1.82) is 0 Å². The molecule has 0 spiro atoms. The maximum atomic E-state index is 11.1. The zero-order valence-corrected chi connectivity index (χ0v) is 17.2. The second-order valence-corrected chi connectivity index (χ2v) is 8.08. The lowest BCUT2D eigenvalue weighted by molar-refractivity contribution is -0.0512. The first-order chi connectivity index (χ1) is 11.9. The maximum absolute atomic E-state index is 11.1. The van der Waals surface area contributed by atoms with Gasteiger partial charge in [-0.2, -0.15) is 0 Å². The summed E-state index contributed by atoms with van der Waals surface area (Å²) in [7, 11) is 4.28. The monoisotopic (exact) mass is 393 g/mol. The first kappa shape index (κ1) is 21.2. The molecule has 0 saturated heterocycles. The highest BCUT2D eigenvalue weighted by Gasteiger charge is 2.43. The van der Waals surface area contributed by atoms with Crippen LogP contribution in [0, 0.1) is 0 Å². The van der Waals surface area contributed by atoms with Crippen molar-refractivity contribution in [2.24, 2.45) is 0 Å². The number of aliphatic hydroxyl groups is 1. The van der Waals surface area contributed by atoms with Crippen LogP contribution < -0.4 is 0 Å².